The van der Waals surface area contributed by atoms with E-state index in [2.05, 4.69) is 16.0 Å². The second kappa shape index (κ2) is 15.8. The molecule has 4 atom stereocenters. The molecule has 11 nitrogen and oxygen atoms in total. The molecule has 0 heterocycles. The van der Waals surface area contributed by atoms with E-state index in [0.29, 0.717) is 17.9 Å². The largest absolute Gasteiger partial charge is 0.481 e. The van der Waals surface area contributed by atoms with Gasteiger partial charge in [-0.2, -0.15) is 23.5 Å². The van der Waals surface area contributed by atoms with Gasteiger partial charge in [0.25, 0.3) is 0 Å². The standard InChI is InChI=1S/C19H34N4O7S2/c1-10(2)15(19(29)30)23-18(28)13(9-14(24)25)22-17(27)12(6-8-32-4)21-16(26)11(20)5-7-31-3/h10-13,15H,5-9,20H2,1-4H3,(H,21,26)(H,22,27)(H,23,28)(H,24,25)(H,29,30). The molecule has 0 aromatic rings. The van der Waals surface area contributed by atoms with Crippen LogP contribution >= 0.6 is 23.5 Å². The van der Waals surface area contributed by atoms with Gasteiger partial charge in [-0.05, 0) is 42.8 Å². The lowest BCUT2D eigenvalue weighted by atomic mass is 10.0. The van der Waals surface area contributed by atoms with Crippen molar-refractivity contribution in [2.75, 3.05) is 24.0 Å². The van der Waals surface area contributed by atoms with Crippen molar-refractivity contribution in [3.63, 3.8) is 0 Å². The average Bonchev–Trinajstić information content (AvgIpc) is 2.71. The van der Waals surface area contributed by atoms with Crippen LogP contribution in [0, 0.1) is 5.92 Å². The molecule has 0 aromatic carbocycles. The van der Waals surface area contributed by atoms with Gasteiger partial charge in [0.1, 0.15) is 18.1 Å². The Morgan fingerprint density at radius 2 is 1.31 bits per heavy atom. The fraction of sp³-hybridized carbons (Fsp3) is 0.737. The maximum absolute atomic E-state index is 12.8. The Bertz CT molecular complexity index is 664. The van der Waals surface area contributed by atoms with Gasteiger partial charge < -0.3 is 31.9 Å². The van der Waals surface area contributed by atoms with Crippen LogP contribution in [0.5, 0.6) is 0 Å². The molecule has 0 bridgehead atoms. The van der Waals surface area contributed by atoms with Gasteiger partial charge in [-0.1, -0.05) is 13.8 Å². The minimum atomic E-state index is -1.51. The molecular formula is C19H34N4O7S2. The Hall–Kier alpha value is -1.99. The number of hydrogen-bond acceptors (Lipinski definition) is 8. The number of carbonyl (C=O) groups is 5. The fourth-order valence-corrected chi connectivity index (χ4v) is 3.54. The molecular weight excluding hydrogens is 460 g/mol. The minimum absolute atomic E-state index is 0.235. The highest BCUT2D eigenvalue weighted by atomic mass is 32.2. The summed E-state index contributed by atoms with van der Waals surface area (Å²) in [6.07, 6.45) is 3.60. The van der Waals surface area contributed by atoms with Gasteiger partial charge in [0.05, 0.1) is 12.5 Å². The summed E-state index contributed by atoms with van der Waals surface area (Å²) < 4.78 is 0. The van der Waals surface area contributed by atoms with Crippen LogP contribution in [-0.2, 0) is 24.0 Å². The average molecular weight is 495 g/mol. The van der Waals surface area contributed by atoms with E-state index in [4.69, 9.17) is 10.8 Å². The highest BCUT2D eigenvalue weighted by molar-refractivity contribution is 7.98. The van der Waals surface area contributed by atoms with E-state index in [1.54, 1.807) is 13.8 Å². The predicted molar refractivity (Wildman–Crippen MR) is 124 cm³/mol. The Morgan fingerprint density at radius 3 is 1.78 bits per heavy atom. The third-order valence-electron chi connectivity index (χ3n) is 4.46. The highest BCUT2D eigenvalue weighted by Crippen LogP contribution is 2.07. The number of rotatable bonds is 16. The molecule has 184 valence electrons. The molecule has 0 rings (SSSR count). The van der Waals surface area contributed by atoms with E-state index >= 15 is 0 Å². The first-order valence-electron chi connectivity index (χ1n) is 10.0. The normalized spacial score (nSPS) is 14.7. The molecule has 0 saturated heterocycles. The quantitative estimate of drug-likeness (QED) is 0.163. The van der Waals surface area contributed by atoms with Crippen molar-refractivity contribution in [2.24, 2.45) is 11.7 Å². The van der Waals surface area contributed by atoms with E-state index in [0.717, 1.165) is 0 Å². The van der Waals surface area contributed by atoms with Crippen LogP contribution in [0.15, 0.2) is 0 Å². The van der Waals surface area contributed by atoms with Crippen molar-refractivity contribution in [3.8, 4) is 0 Å². The van der Waals surface area contributed by atoms with Crippen molar-refractivity contribution >= 4 is 53.2 Å². The first kappa shape index (κ1) is 30.0. The monoisotopic (exact) mass is 494 g/mol. The van der Waals surface area contributed by atoms with Gasteiger partial charge in [-0.3, -0.25) is 19.2 Å². The van der Waals surface area contributed by atoms with Gasteiger partial charge in [0.15, 0.2) is 0 Å². The summed E-state index contributed by atoms with van der Waals surface area (Å²) in [5, 5.41) is 25.6. The molecule has 0 fully saturated rings. The summed E-state index contributed by atoms with van der Waals surface area (Å²) >= 11 is 2.97. The van der Waals surface area contributed by atoms with Crippen molar-refractivity contribution in [1.29, 1.82) is 0 Å². The number of nitrogens with two attached hydrogens (primary N) is 1. The second-order valence-corrected chi connectivity index (χ2v) is 9.43. The molecule has 3 amide bonds. The lowest BCUT2D eigenvalue weighted by molar-refractivity contribution is -0.144. The van der Waals surface area contributed by atoms with Crippen LogP contribution < -0.4 is 21.7 Å². The molecule has 0 aliphatic heterocycles. The SMILES string of the molecule is CSCCC(N)C(=O)NC(CCSC)C(=O)NC(CC(=O)O)C(=O)NC(C(=O)O)C(C)C. The summed E-state index contributed by atoms with van der Waals surface area (Å²) in [7, 11) is 0. The molecule has 7 N–H and O–H groups in total. The van der Waals surface area contributed by atoms with Crippen LogP contribution in [0.25, 0.3) is 0 Å². The second-order valence-electron chi connectivity index (χ2n) is 7.46. The summed E-state index contributed by atoms with van der Waals surface area (Å²) in [4.78, 5) is 60.3. The lowest BCUT2D eigenvalue weighted by Crippen LogP contribution is -2.58. The maximum Gasteiger partial charge on any atom is 0.326 e. The lowest BCUT2D eigenvalue weighted by Gasteiger charge is -2.25. The van der Waals surface area contributed by atoms with Crippen molar-refractivity contribution < 1.29 is 34.2 Å². The molecule has 0 aromatic heterocycles. The van der Waals surface area contributed by atoms with Crippen LogP contribution in [0.4, 0.5) is 0 Å². The zero-order valence-electron chi connectivity index (χ0n) is 18.8. The molecule has 0 saturated carbocycles. The van der Waals surface area contributed by atoms with Crippen molar-refractivity contribution in [1.82, 2.24) is 16.0 Å². The summed E-state index contributed by atoms with van der Waals surface area (Å²) in [5.41, 5.74) is 5.85. The van der Waals surface area contributed by atoms with Gasteiger partial charge in [0, 0.05) is 0 Å². The summed E-state index contributed by atoms with van der Waals surface area (Å²) in [6, 6.07) is -4.61. The number of carboxylic acids is 2. The Balaban J connectivity index is 5.42. The van der Waals surface area contributed by atoms with Crippen LogP contribution in [-0.4, -0.2) is 88.1 Å². The zero-order chi connectivity index (χ0) is 24.8. The van der Waals surface area contributed by atoms with Gasteiger partial charge in [-0.15, -0.1) is 0 Å². The highest BCUT2D eigenvalue weighted by Gasteiger charge is 2.32. The van der Waals surface area contributed by atoms with E-state index in [1.165, 1.54) is 23.5 Å². The van der Waals surface area contributed by atoms with E-state index in [1.807, 2.05) is 12.5 Å². The van der Waals surface area contributed by atoms with Crippen LogP contribution in [0.2, 0.25) is 0 Å². The Kier molecular flexibility index (Phi) is 14.8. The number of carboxylic acid groups (broad SMARTS) is 2. The third-order valence-corrected chi connectivity index (χ3v) is 5.74. The van der Waals surface area contributed by atoms with E-state index in [9.17, 15) is 29.1 Å². The number of nitrogens with one attached hydrogen (secondary N) is 3. The third kappa shape index (κ3) is 11.6. The number of amides is 3. The van der Waals surface area contributed by atoms with Gasteiger partial charge >= 0.3 is 11.9 Å². The van der Waals surface area contributed by atoms with E-state index in [-0.39, 0.29) is 6.42 Å². The summed E-state index contributed by atoms with van der Waals surface area (Å²) in [6.45, 7) is 3.16. The van der Waals surface area contributed by atoms with E-state index < -0.39 is 66.2 Å². The van der Waals surface area contributed by atoms with Gasteiger partial charge in [0.2, 0.25) is 17.7 Å². The minimum Gasteiger partial charge on any atom is -0.481 e. The Labute approximate surface area is 196 Å². The van der Waals surface area contributed by atoms with Crippen molar-refractivity contribution in [3.05, 3.63) is 0 Å². The zero-order valence-corrected chi connectivity index (χ0v) is 20.4. The smallest absolute Gasteiger partial charge is 0.326 e. The fourth-order valence-electron chi connectivity index (χ4n) is 2.58. The molecule has 0 aliphatic rings. The number of thioether (sulfide) groups is 2. The maximum atomic E-state index is 12.8. The number of carbonyl (C=O) groups excluding carboxylic acids is 3. The predicted octanol–water partition coefficient (Wildman–Crippen LogP) is -0.510. The number of hydrogen-bond donors (Lipinski definition) is 6. The number of aliphatic carboxylic acids is 2. The molecule has 0 spiro atoms. The Morgan fingerprint density at radius 1 is 0.812 bits per heavy atom. The first-order valence-corrected chi connectivity index (χ1v) is 12.8. The van der Waals surface area contributed by atoms with Gasteiger partial charge in [-0.25, -0.2) is 4.79 Å². The molecule has 32 heavy (non-hydrogen) atoms. The molecule has 4 unspecified atom stereocenters. The summed E-state index contributed by atoms with van der Waals surface area (Å²) in [5.74, 6) is -4.13. The van der Waals surface area contributed by atoms with Crippen LogP contribution in [0.1, 0.15) is 33.1 Å². The molecule has 0 aliphatic carbocycles. The van der Waals surface area contributed by atoms with Crippen molar-refractivity contribution in [2.45, 2.75) is 57.3 Å². The first-order chi connectivity index (χ1) is 14.9. The molecule has 0 radical (unpaired) electrons. The molecule has 13 heteroatoms. The topological polar surface area (TPSA) is 188 Å². The van der Waals surface area contributed by atoms with Crippen LogP contribution in [0.3, 0.4) is 0 Å².